The molecule has 1 fully saturated rings. The molecule has 2 heterocycles. The summed E-state index contributed by atoms with van der Waals surface area (Å²) >= 11 is 3.60. The van der Waals surface area contributed by atoms with E-state index in [0.29, 0.717) is 6.04 Å². The van der Waals surface area contributed by atoms with Crippen LogP contribution in [0.3, 0.4) is 0 Å². The number of aromatic nitrogens is 2. The lowest BCUT2D eigenvalue weighted by atomic mass is 10.0. The first-order valence-electron chi connectivity index (χ1n) is 7.31. The molecule has 0 unspecified atom stereocenters. The van der Waals surface area contributed by atoms with Crippen LogP contribution in [0, 0.1) is 0 Å². The first-order valence-corrected chi connectivity index (χ1v) is 8.11. The lowest BCUT2D eigenvalue weighted by molar-refractivity contribution is 0.411. The Morgan fingerprint density at radius 2 is 1.81 bits per heavy atom. The fraction of sp³-hybridized carbons (Fsp3) is 0.375. The minimum absolute atomic E-state index is 0.567. The SMILES string of the molecule is Brc1ccccc1CNC1CCN(c2ncccn2)CC1. The Morgan fingerprint density at radius 1 is 1.10 bits per heavy atom. The van der Waals surface area contributed by atoms with E-state index < -0.39 is 0 Å². The van der Waals surface area contributed by atoms with Gasteiger partial charge in [0, 0.05) is 42.5 Å². The molecular formula is C16H19BrN4. The van der Waals surface area contributed by atoms with Gasteiger partial charge in [0.2, 0.25) is 5.95 Å². The number of nitrogens with zero attached hydrogens (tertiary/aromatic N) is 3. The second-order valence-electron chi connectivity index (χ2n) is 5.28. The molecule has 4 nitrogen and oxygen atoms in total. The van der Waals surface area contributed by atoms with E-state index >= 15 is 0 Å². The van der Waals surface area contributed by atoms with Crippen molar-refractivity contribution < 1.29 is 0 Å². The van der Waals surface area contributed by atoms with E-state index in [-0.39, 0.29) is 0 Å². The van der Waals surface area contributed by atoms with Crippen LogP contribution in [0.4, 0.5) is 5.95 Å². The first-order chi connectivity index (χ1) is 10.3. The van der Waals surface area contributed by atoms with E-state index in [1.165, 1.54) is 10.0 Å². The molecule has 0 bridgehead atoms. The number of rotatable bonds is 4. The highest BCUT2D eigenvalue weighted by Gasteiger charge is 2.20. The van der Waals surface area contributed by atoms with Gasteiger partial charge in [-0.1, -0.05) is 34.1 Å². The Bertz CT molecular complexity index is 567. The van der Waals surface area contributed by atoms with Crippen LogP contribution < -0.4 is 10.2 Å². The van der Waals surface area contributed by atoms with Crippen LogP contribution in [0.1, 0.15) is 18.4 Å². The summed E-state index contributed by atoms with van der Waals surface area (Å²) in [7, 11) is 0. The van der Waals surface area contributed by atoms with Crippen molar-refractivity contribution in [1.82, 2.24) is 15.3 Å². The normalized spacial score (nSPS) is 16.1. The average molecular weight is 347 g/mol. The van der Waals surface area contributed by atoms with Crippen molar-refractivity contribution in [1.29, 1.82) is 0 Å². The maximum absolute atomic E-state index is 4.32. The van der Waals surface area contributed by atoms with E-state index in [2.05, 4.69) is 54.3 Å². The van der Waals surface area contributed by atoms with Crippen LogP contribution in [0.5, 0.6) is 0 Å². The quantitative estimate of drug-likeness (QED) is 0.923. The summed E-state index contributed by atoms with van der Waals surface area (Å²) in [5.74, 6) is 0.849. The summed E-state index contributed by atoms with van der Waals surface area (Å²) in [4.78, 5) is 10.9. The molecule has 0 aliphatic carbocycles. The fourth-order valence-electron chi connectivity index (χ4n) is 2.63. The Morgan fingerprint density at radius 3 is 2.52 bits per heavy atom. The molecule has 0 radical (unpaired) electrons. The topological polar surface area (TPSA) is 41.0 Å². The largest absolute Gasteiger partial charge is 0.341 e. The predicted octanol–water partition coefficient (Wildman–Crippen LogP) is 3.00. The highest BCUT2D eigenvalue weighted by Crippen LogP contribution is 2.18. The molecule has 3 rings (SSSR count). The Labute approximate surface area is 133 Å². The van der Waals surface area contributed by atoms with Gasteiger partial charge >= 0.3 is 0 Å². The number of hydrogen-bond donors (Lipinski definition) is 1. The first kappa shape index (κ1) is 14.5. The van der Waals surface area contributed by atoms with Crippen molar-refractivity contribution >= 4 is 21.9 Å². The van der Waals surface area contributed by atoms with Crippen molar-refractivity contribution in [2.75, 3.05) is 18.0 Å². The third-order valence-corrected chi connectivity index (χ3v) is 4.64. The van der Waals surface area contributed by atoms with E-state index in [1.807, 2.05) is 12.1 Å². The molecule has 1 aromatic heterocycles. The Balaban J connectivity index is 1.49. The third-order valence-electron chi connectivity index (χ3n) is 3.87. The molecule has 0 amide bonds. The molecule has 0 atom stereocenters. The summed E-state index contributed by atoms with van der Waals surface area (Å²) in [6, 6.07) is 10.8. The van der Waals surface area contributed by atoms with Gasteiger partial charge in [0.05, 0.1) is 0 Å². The predicted molar refractivity (Wildman–Crippen MR) is 88.2 cm³/mol. The zero-order valence-electron chi connectivity index (χ0n) is 11.9. The minimum atomic E-state index is 0.567. The van der Waals surface area contributed by atoms with Crippen molar-refractivity contribution in [3.05, 3.63) is 52.8 Å². The van der Waals surface area contributed by atoms with Crippen LogP contribution in [-0.4, -0.2) is 29.1 Å². The highest BCUT2D eigenvalue weighted by atomic mass is 79.9. The Kier molecular flexibility index (Phi) is 4.83. The molecule has 110 valence electrons. The summed E-state index contributed by atoms with van der Waals surface area (Å²) in [6.45, 7) is 2.93. The Hall–Kier alpha value is -1.46. The minimum Gasteiger partial charge on any atom is -0.341 e. The smallest absolute Gasteiger partial charge is 0.225 e. The maximum Gasteiger partial charge on any atom is 0.225 e. The van der Waals surface area contributed by atoms with Gasteiger partial charge in [0.15, 0.2) is 0 Å². The number of hydrogen-bond acceptors (Lipinski definition) is 4. The van der Waals surface area contributed by atoms with Gasteiger partial charge in [0.1, 0.15) is 0 Å². The molecule has 1 saturated heterocycles. The van der Waals surface area contributed by atoms with E-state index in [0.717, 1.165) is 38.4 Å². The van der Waals surface area contributed by atoms with Crippen LogP contribution in [0.25, 0.3) is 0 Å². The zero-order chi connectivity index (χ0) is 14.5. The molecule has 1 N–H and O–H groups in total. The molecule has 5 heteroatoms. The number of piperidine rings is 1. The average Bonchev–Trinajstić information content (AvgIpc) is 2.55. The third kappa shape index (κ3) is 3.80. The molecular weight excluding hydrogens is 328 g/mol. The summed E-state index contributed by atoms with van der Waals surface area (Å²) < 4.78 is 1.17. The number of benzene rings is 1. The number of anilines is 1. The summed E-state index contributed by atoms with van der Waals surface area (Å²) in [5.41, 5.74) is 1.31. The number of nitrogens with one attached hydrogen (secondary N) is 1. The molecule has 0 saturated carbocycles. The van der Waals surface area contributed by atoms with Crippen LogP contribution in [0.15, 0.2) is 47.2 Å². The van der Waals surface area contributed by atoms with Gasteiger partial charge in [-0.05, 0) is 30.5 Å². The molecule has 2 aromatic rings. The molecule has 1 aromatic carbocycles. The maximum atomic E-state index is 4.32. The van der Waals surface area contributed by atoms with Crippen molar-refractivity contribution in [2.45, 2.75) is 25.4 Å². The van der Waals surface area contributed by atoms with E-state index in [9.17, 15) is 0 Å². The van der Waals surface area contributed by atoms with Crippen LogP contribution in [0.2, 0.25) is 0 Å². The van der Waals surface area contributed by atoms with Crippen molar-refractivity contribution in [3.63, 3.8) is 0 Å². The van der Waals surface area contributed by atoms with E-state index in [1.54, 1.807) is 12.4 Å². The van der Waals surface area contributed by atoms with Gasteiger partial charge in [-0.2, -0.15) is 0 Å². The lowest BCUT2D eigenvalue weighted by Crippen LogP contribution is -2.42. The summed E-state index contributed by atoms with van der Waals surface area (Å²) in [5, 5.41) is 3.65. The second kappa shape index (κ2) is 7.00. The van der Waals surface area contributed by atoms with Crippen LogP contribution in [-0.2, 0) is 6.54 Å². The number of halogens is 1. The molecule has 1 aliphatic heterocycles. The van der Waals surface area contributed by atoms with Gasteiger partial charge in [0.25, 0.3) is 0 Å². The molecule has 21 heavy (non-hydrogen) atoms. The van der Waals surface area contributed by atoms with Crippen LogP contribution >= 0.6 is 15.9 Å². The lowest BCUT2D eigenvalue weighted by Gasteiger charge is -2.32. The second-order valence-corrected chi connectivity index (χ2v) is 6.14. The van der Waals surface area contributed by atoms with Gasteiger partial charge < -0.3 is 10.2 Å². The standard InChI is InChI=1S/C16H19BrN4/c17-15-5-2-1-4-13(15)12-20-14-6-10-21(11-7-14)16-18-8-3-9-19-16/h1-5,8-9,14,20H,6-7,10-12H2. The van der Waals surface area contributed by atoms with E-state index in [4.69, 9.17) is 0 Å². The van der Waals surface area contributed by atoms with Gasteiger partial charge in [-0.25, -0.2) is 9.97 Å². The summed E-state index contributed by atoms with van der Waals surface area (Å²) in [6.07, 6.45) is 5.87. The molecule has 0 spiro atoms. The van der Waals surface area contributed by atoms with Crippen molar-refractivity contribution in [2.24, 2.45) is 0 Å². The van der Waals surface area contributed by atoms with Crippen molar-refractivity contribution in [3.8, 4) is 0 Å². The monoisotopic (exact) mass is 346 g/mol. The molecule has 1 aliphatic rings. The fourth-order valence-corrected chi connectivity index (χ4v) is 3.06. The zero-order valence-corrected chi connectivity index (χ0v) is 13.5. The van der Waals surface area contributed by atoms with Gasteiger partial charge in [-0.15, -0.1) is 0 Å². The van der Waals surface area contributed by atoms with Gasteiger partial charge in [-0.3, -0.25) is 0 Å². The highest BCUT2D eigenvalue weighted by molar-refractivity contribution is 9.10.